The number of morpholine rings is 1. The third kappa shape index (κ3) is 3.32. The second-order valence-corrected chi connectivity index (χ2v) is 8.52. The van der Waals surface area contributed by atoms with E-state index < -0.39 is 0 Å². The molecular formula is C18H19N3O2S2. The van der Waals surface area contributed by atoms with Crippen LogP contribution in [0.2, 0.25) is 0 Å². The molecule has 1 aromatic carbocycles. The second kappa shape index (κ2) is 6.84. The molecule has 0 unspecified atom stereocenters. The van der Waals surface area contributed by atoms with Crippen molar-refractivity contribution < 1.29 is 9.53 Å². The Morgan fingerprint density at radius 3 is 3.00 bits per heavy atom. The fraction of sp³-hybridized carbons (Fsp3) is 0.333. The van der Waals surface area contributed by atoms with E-state index in [9.17, 15) is 4.79 Å². The van der Waals surface area contributed by atoms with Crippen LogP contribution in [-0.4, -0.2) is 35.5 Å². The number of nitrogens with two attached hydrogens (primary N) is 1. The van der Waals surface area contributed by atoms with Crippen LogP contribution in [0.1, 0.15) is 31.2 Å². The van der Waals surface area contributed by atoms with Gasteiger partial charge in [-0.3, -0.25) is 9.69 Å². The summed E-state index contributed by atoms with van der Waals surface area (Å²) in [6, 6.07) is 8.04. The molecule has 130 valence electrons. The summed E-state index contributed by atoms with van der Waals surface area (Å²) in [5, 5.41) is 2.15. The van der Waals surface area contributed by atoms with Gasteiger partial charge in [-0.05, 0) is 18.4 Å². The van der Waals surface area contributed by atoms with E-state index in [4.69, 9.17) is 10.5 Å². The van der Waals surface area contributed by atoms with Gasteiger partial charge in [0.2, 0.25) is 0 Å². The van der Waals surface area contributed by atoms with Gasteiger partial charge in [-0.2, -0.15) is 0 Å². The summed E-state index contributed by atoms with van der Waals surface area (Å²) in [6.07, 6.45) is 1.81. The number of ether oxygens (including phenoxy) is 1. The Hall–Kier alpha value is -1.80. The number of rotatable bonds is 4. The number of carbonyl (C=O) groups is 1. The number of aromatic nitrogens is 1. The molecule has 5 nitrogen and oxygen atoms in total. The maximum Gasteiger partial charge on any atom is 0.259 e. The van der Waals surface area contributed by atoms with Crippen LogP contribution in [0.15, 0.2) is 30.5 Å². The highest BCUT2D eigenvalue weighted by atomic mass is 32.1. The number of thiophene rings is 1. The molecule has 1 aliphatic heterocycles. The van der Waals surface area contributed by atoms with Crippen molar-refractivity contribution in [3.63, 3.8) is 0 Å². The SMILES string of the molecule is Cc1ncc(CN2CCO[C@H](c3c(C(N)=O)sc4ccccc34)C2)s1. The molecule has 0 bridgehead atoms. The number of amides is 1. The van der Waals surface area contributed by atoms with E-state index in [0.29, 0.717) is 11.5 Å². The van der Waals surface area contributed by atoms with E-state index in [0.717, 1.165) is 40.3 Å². The lowest BCUT2D eigenvalue weighted by Gasteiger charge is -2.33. The van der Waals surface area contributed by atoms with Crippen molar-refractivity contribution in [3.05, 3.63) is 50.8 Å². The van der Waals surface area contributed by atoms with E-state index in [1.54, 1.807) is 11.3 Å². The lowest BCUT2D eigenvalue weighted by Crippen LogP contribution is -2.38. The number of nitrogens with zero attached hydrogens (tertiary/aromatic N) is 2. The fourth-order valence-electron chi connectivity index (χ4n) is 3.29. The average molecular weight is 374 g/mol. The van der Waals surface area contributed by atoms with Gasteiger partial charge in [-0.25, -0.2) is 4.98 Å². The summed E-state index contributed by atoms with van der Waals surface area (Å²) in [6.45, 7) is 5.15. The van der Waals surface area contributed by atoms with Crippen molar-refractivity contribution in [1.82, 2.24) is 9.88 Å². The molecule has 1 aliphatic rings. The smallest absolute Gasteiger partial charge is 0.259 e. The highest BCUT2D eigenvalue weighted by Gasteiger charge is 2.29. The molecule has 1 atom stereocenters. The molecule has 3 heterocycles. The lowest BCUT2D eigenvalue weighted by atomic mass is 10.0. The normalized spacial score (nSPS) is 18.7. The molecule has 1 amide bonds. The first-order valence-corrected chi connectivity index (χ1v) is 9.81. The Bertz CT molecular complexity index is 918. The number of hydrogen-bond donors (Lipinski definition) is 1. The molecule has 0 aliphatic carbocycles. The maximum atomic E-state index is 12.0. The van der Waals surface area contributed by atoms with Gasteiger partial charge in [0.25, 0.3) is 5.91 Å². The van der Waals surface area contributed by atoms with Crippen molar-refractivity contribution in [2.45, 2.75) is 19.6 Å². The molecule has 2 N–H and O–H groups in total. The molecular weight excluding hydrogens is 354 g/mol. The molecule has 1 saturated heterocycles. The molecule has 0 spiro atoms. The predicted octanol–water partition coefficient (Wildman–Crippen LogP) is 3.34. The Morgan fingerprint density at radius 1 is 1.40 bits per heavy atom. The van der Waals surface area contributed by atoms with Crippen molar-refractivity contribution >= 4 is 38.7 Å². The van der Waals surface area contributed by atoms with Crippen molar-refractivity contribution in [3.8, 4) is 0 Å². The van der Waals surface area contributed by atoms with Crippen LogP contribution < -0.4 is 5.73 Å². The number of carbonyl (C=O) groups excluding carboxylic acids is 1. The first kappa shape index (κ1) is 16.7. The lowest BCUT2D eigenvalue weighted by molar-refractivity contribution is -0.0320. The third-order valence-electron chi connectivity index (χ3n) is 4.38. The van der Waals surface area contributed by atoms with Crippen molar-refractivity contribution in [2.75, 3.05) is 19.7 Å². The van der Waals surface area contributed by atoms with Crippen LogP contribution in [-0.2, 0) is 11.3 Å². The summed E-state index contributed by atoms with van der Waals surface area (Å²) in [5.74, 6) is -0.380. The standard InChI is InChI=1S/C18H19N3O2S2/c1-11-20-8-12(24-11)9-21-6-7-23-14(10-21)16-13-4-2-3-5-15(13)25-17(16)18(19)22/h2-5,8,14H,6-7,9-10H2,1H3,(H2,19,22)/t14-/m0/s1. The van der Waals surface area contributed by atoms with Crippen LogP contribution in [0.25, 0.3) is 10.1 Å². The molecule has 0 radical (unpaired) electrons. The van der Waals surface area contributed by atoms with Crippen LogP contribution in [0.3, 0.4) is 0 Å². The van der Waals surface area contributed by atoms with Crippen LogP contribution in [0.5, 0.6) is 0 Å². The largest absolute Gasteiger partial charge is 0.371 e. The highest BCUT2D eigenvalue weighted by molar-refractivity contribution is 7.21. The molecule has 2 aromatic heterocycles. The summed E-state index contributed by atoms with van der Waals surface area (Å²) in [7, 11) is 0. The van der Waals surface area contributed by atoms with Crippen molar-refractivity contribution in [1.29, 1.82) is 0 Å². The zero-order valence-electron chi connectivity index (χ0n) is 13.9. The number of fused-ring (bicyclic) bond motifs is 1. The number of thiazole rings is 1. The molecule has 4 rings (SSSR count). The van der Waals surface area contributed by atoms with E-state index in [2.05, 4.69) is 9.88 Å². The summed E-state index contributed by atoms with van der Waals surface area (Å²) in [4.78, 5) is 20.5. The Kier molecular flexibility index (Phi) is 4.56. The molecule has 3 aromatic rings. The van der Waals surface area contributed by atoms with Gasteiger partial charge in [0, 0.05) is 41.0 Å². The first-order chi connectivity index (χ1) is 12.1. The number of benzene rings is 1. The van der Waals surface area contributed by atoms with Crippen LogP contribution in [0.4, 0.5) is 0 Å². The topological polar surface area (TPSA) is 68.5 Å². The van der Waals surface area contributed by atoms with Gasteiger partial charge in [0.1, 0.15) is 0 Å². The molecule has 25 heavy (non-hydrogen) atoms. The monoisotopic (exact) mass is 373 g/mol. The molecule has 1 fully saturated rings. The Labute approximate surface area is 154 Å². The minimum atomic E-state index is -0.380. The zero-order chi connectivity index (χ0) is 17.4. The van der Waals surface area contributed by atoms with Gasteiger partial charge in [0.05, 0.1) is 22.6 Å². The predicted molar refractivity (Wildman–Crippen MR) is 101 cm³/mol. The highest BCUT2D eigenvalue weighted by Crippen LogP contribution is 2.38. The van der Waals surface area contributed by atoms with Crippen LogP contribution in [0, 0.1) is 6.92 Å². The Morgan fingerprint density at radius 2 is 2.24 bits per heavy atom. The average Bonchev–Trinajstić information content (AvgIpc) is 3.18. The minimum absolute atomic E-state index is 0.138. The van der Waals surface area contributed by atoms with Crippen LogP contribution >= 0.6 is 22.7 Å². The van der Waals surface area contributed by atoms with E-state index in [-0.39, 0.29) is 12.0 Å². The van der Waals surface area contributed by atoms with E-state index in [1.165, 1.54) is 16.2 Å². The maximum absolute atomic E-state index is 12.0. The van der Waals surface area contributed by atoms with Gasteiger partial charge < -0.3 is 10.5 Å². The molecule has 7 heteroatoms. The minimum Gasteiger partial charge on any atom is -0.371 e. The summed E-state index contributed by atoms with van der Waals surface area (Å²) in [5.41, 5.74) is 6.58. The number of aryl methyl sites for hydroxylation is 1. The number of primary amides is 1. The second-order valence-electron chi connectivity index (χ2n) is 6.15. The number of hydrogen-bond acceptors (Lipinski definition) is 6. The molecule has 0 saturated carbocycles. The summed E-state index contributed by atoms with van der Waals surface area (Å²) < 4.78 is 7.11. The van der Waals surface area contributed by atoms with Crippen molar-refractivity contribution in [2.24, 2.45) is 5.73 Å². The summed E-state index contributed by atoms with van der Waals surface area (Å²) >= 11 is 3.18. The van der Waals surface area contributed by atoms with Gasteiger partial charge in [0.15, 0.2) is 0 Å². The fourth-order valence-corrected chi connectivity index (χ4v) is 5.23. The van der Waals surface area contributed by atoms with Gasteiger partial charge in [-0.1, -0.05) is 18.2 Å². The third-order valence-corrected chi connectivity index (χ3v) is 6.48. The zero-order valence-corrected chi connectivity index (χ0v) is 15.5. The van der Waals surface area contributed by atoms with E-state index >= 15 is 0 Å². The van der Waals surface area contributed by atoms with Gasteiger partial charge in [-0.15, -0.1) is 22.7 Å². The first-order valence-electron chi connectivity index (χ1n) is 8.18. The Balaban J connectivity index is 1.63. The quantitative estimate of drug-likeness (QED) is 0.762. The van der Waals surface area contributed by atoms with E-state index in [1.807, 2.05) is 37.4 Å². The van der Waals surface area contributed by atoms with Gasteiger partial charge >= 0.3 is 0 Å².